The van der Waals surface area contributed by atoms with E-state index in [9.17, 15) is 20.1 Å². The number of esters is 1. The van der Waals surface area contributed by atoms with Crippen molar-refractivity contribution in [2.45, 2.75) is 37.8 Å². The van der Waals surface area contributed by atoms with Crippen molar-refractivity contribution < 1.29 is 29.6 Å². The van der Waals surface area contributed by atoms with Gasteiger partial charge in [-0.05, 0) is 36.6 Å². The van der Waals surface area contributed by atoms with E-state index < -0.39 is 18.5 Å². The SMILES string of the molecule is COC(=O)C/C=C\C=C/C[C@@H]1[C@@H](/C=C/[C@@H](O)Oc2cccc(Cl)c2)[C@H](O)C[C@@H]1O. The molecule has 0 aliphatic heterocycles. The van der Waals surface area contributed by atoms with E-state index in [-0.39, 0.29) is 30.6 Å². The molecule has 0 amide bonds. The number of ether oxygens (including phenoxy) is 2. The number of aliphatic hydroxyl groups is 3. The first kappa shape index (κ1) is 23.2. The molecule has 6 nitrogen and oxygen atoms in total. The van der Waals surface area contributed by atoms with E-state index in [1.54, 1.807) is 48.6 Å². The highest BCUT2D eigenvalue weighted by molar-refractivity contribution is 6.30. The highest BCUT2D eigenvalue weighted by atomic mass is 35.5. The van der Waals surface area contributed by atoms with Crippen molar-refractivity contribution in [1.29, 1.82) is 0 Å². The quantitative estimate of drug-likeness (QED) is 0.245. The van der Waals surface area contributed by atoms with Crippen molar-refractivity contribution in [2.24, 2.45) is 11.8 Å². The molecule has 1 aromatic carbocycles. The van der Waals surface area contributed by atoms with E-state index in [2.05, 4.69) is 4.74 Å². The second-order valence-corrected chi connectivity index (χ2v) is 7.27. The molecule has 1 fully saturated rings. The minimum atomic E-state index is -1.20. The molecule has 0 saturated heterocycles. The first-order chi connectivity index (χ1) is 13.9. The second-order valence-electron chi connectivity index (χ2n) is 6.83. The first-order valence-corrected chi connectivity index (χ1v) is 9.81. The monoisotopic (exact) mass is 422 g/mol. The zero-order chi connectivity index (χ0) is 21.2. The van der Waals surface area contributed by atoms with Crippen LogP contribution in [0, 0.1) is 11.8 Å². The van der Waals surface area contributed by atoms with E-state index in [4.69, 9.17) is 16.3 Å². The number of hydrogen-bond acceptors (Lipinski definition) is 6. The Labute approximate surface area is 175 Å². The molecule has 3 N–H and O–H groups in total. The molecule has 0 bridgehead atoms. The molecule has 0 heterocycles. The van der Waals surface area contributed by atoms with Gasteiger partial charge in [-0.3, -0.25) is 4.79 Å². The maximum Gasteiger partial charge on any atom is 0.309 e. The van der Waals surface area contributed by atoms with E-state index in [0.717, 1.165) is 0 Å². The van der Waals surface area contributed by atoms with Gasteiger partial charge in [-0.15, -0.1) is 0 Å². The minimum absolute atomic E-state index is 0.190. The number of allylic oxidation sites excluding steroid dienone is 3. The zero-order valence-electron chi connectivity index (χ0n) is 16.2. The van der Waals surface area contributed by atoms with Gasteiger partial charge in [0.05, 0.1) is 25.7 Å². The Hall–Kier alpha value is -2.12. The standard InChI is InChI=1S/C22H27ClO6/c1-28-21(26)10-5-3-2-4-9-17-18(20(25)14-19(17)24)11-12-22(27)29-16-8-6-7-15(23)13-16/h2-8,11-13,17-20,22,24-25,27H,9-10,14H2,1H3/b4-2-,5-3-,12-11+/t17-,18-,19+,20-,22+/m1/s1. The highest BCUT2D eigenvalue weighted by Crippen LogP contribution is 2.36. The topological polar surface area (TPSA) is 96.2 Å². The van der Waals surface area contributed by atoms with Crippen LogP contribution in [0.15, 0.2) is 60.7 Å². The summed E-state index contributed by atoms with van der Waals surface area (Å²) in [5.41, 5.74) is 0. The van der Waals surface area contributed by atoms with Gasteiger partial charge in [0.25, 0.3) is 0 Å². The van der Waals surface area contributed by atoms with Crippen LogP contribution in [0.4, 0.5) is 0 Å². The molecule has 1 aliphatic rings. The third kappa shape index (κ3) is 7.66. The lowest BCUT2D eigenvalue weighted by molar-refractivity contribution is -0.139. The number of hydrogen-bond donors (Lipinski definition) is 3. The van der Waals surface area contributed by atoms with Crippen molar-refractivity contribution in [3.63, 3.8) is 0 Å². The number of carbonyl (C=O) groups is 1. The van der Waals surface area contributed by atoms with Crippen LogP contribution < -0.4 is 4.74 Å². The Morgan fingerprint density at radius 3 is 2.76 bits per heavy atom. The van der Waals surface area contributed by atoms with Crippen molar-refractivity contribution in [2.75, 3.05) is 7.11 Å². The van der Waals surface area contributed by atoms with E-state index in [0.29, 0.717) is 17.2 Å². The third-order valence-electron chi connectivity index (χ3n) is 4.77. The molecule has 0 spiro atoms. The Bertz CT molecular complexity index is 745. The van der Waals surface area contributed by atoms with Crippen LogP contribution in [-0.4, -0.2) is 46.9 Å². The summed E-state index contributed by atoms with van der Waals surface area (Å²) in [5.74, 6) is -0.385. The van der Waals surface area contributed by atoms with Crippen molar-refractivity contribution in [3.8, 4) is 5.75 Å². The van der Waals surface area contributed by atoms with Gasteiger partial charge >= 0.3 is 5.97 Å². The summed E-state index contributed by atoms with van der Waals surface area (Å²) < 4.78 is 9.93. The Morgan fingerprint density at radius 1 is 1.28 bits per heavy atom. The first-order valence-electron chi connectivity index (χ1n) is 9.44. The lowest BCUT2D eigenvalue weighted by Crippen LogP contribution is -2.21. The third-order valence-corrected chi connectivity index (χ3v) is 5.01. The van der Waals surface area contributed by atoms with Crippen LogP contribution in [0.25, 0.3) is 0 Å². The summed E-state index contributed by atoms with van der Waals surface area (Å²) in [6, 6.07) is 6.69. The molecule has 2 rings (SSSR count). The molecular weight excluding hydrogens is 396 g/mol. The molecule has 158 valence electrons. The molecule has 0 radical (unpaired) electrons. The van der Waals surface area contributed by atoms with Crippen LogP contribution in [0.2, 0.25) is 5.02 Å². The summed E-state index contributed by atoms with van der Waals surface area (Å²) in [6.07, 6.45) is 8.70. The lowest BCUT2D eigenvalue weighted by Gasteiger charge is -2.19. The van der Waals surface area contributed by atoms with Crippen molar-refractivity contribution in [1.82, 2.24) is 0 Å². The van der Waals surface area contributed by atoms with Crippen molar-refractivity contribution >= 4 is 17.6 Å². The molecule has 1 saturated carbocycles. The molecule has 1 aromatic rings. The maximum absolute atomic E-state index is 11.0. The average molecular weight is 423 g/mol. The number of carbonyl (C=O) groups excluding carboxylic acids is 1. The van der Waals surface area contributed by atoms with Gasteiger partial charge in [0.2, 0.25) is 6.29 Å². The summed E-state index contributed by atoms with van der Waals surface area (Å²) >= 11 is 5.89. The lowest BCUT2D eigenvalue weighted by atomic mass is 9.90. The van der Waals surface area contributed by atoms with E-state index in [1.807, 2.05) is 6.08 Å². The molecule has 0 unspecified atom stereocenters. The summed E-state index contributed by atoms with van der Waals surface area (Å²) in [4.78, 5) is 11.0. The van der Waals surface area contributed by atoms with Gasteiger partial charge < -0.3 is 24.8 Å². The number of rotatable bonds is 9. The largest absolute Gasteiger partial charge is 0.469 e. The number of benzene rings is 1. The summed E-state index contributed by atoms with van der Waals surface area (Å²) in [7, 11) is 1.34. The zero-order valence-corrected chi connectivity index (χ0v) is 17.0. The van der Waals surface area contributed by atoms with Gasteiger partial charge in [0.1, 0.15) is 5.75 Å². The smallest absolute Gasteiger partial charge is 0.309 e. The summed E-state index contributed by atoms with van der Waals surface area (Å²) in [5, 5.41) is 31.1. The van der Waals surface area contributed by atoms with E-state index in [1.165, 1.54) is 13.2 Å². The molecule has 29 heavy (non-hydrogen) atoms. The fraction of sp³-hybridized carbons (Fsp3) is 0.409. The fourth-order valence-corrected chi connectivity index (χ4v) is 3.47. The van der Waals surface area contributed by atoms with Gasteiger partial charge in [0, 0.05) is 17.4 Å². The fourth-order valence-electron chi connectivity index (χ4n) is 3.29. The summed E-state index contributed by atoms with van der Waals surface area (Å²) in [6.45, 7) is 0. The predicted octanol–water partition coefficient (Wildman–Crippen LogP) is 3.02. The highest BCUT2D eigenvalue weighted by Gasteiger charge is 2.39. The minimum Gasteiger partial charge on any atom is -0.469 e. The van der Waals surface area contributed by atoms with Gasteiger partial charge in [-0.25, -0.2) is 0 Å². The number of aliphatic hydroxyl groups excluding tert-OH is 3. The van der Waals surface area contributed by atoms with Gasteiger partial charge in [-0.1, -0.05) is 48.0 Å². The Kier molecular flexibility index (Phi) is 9.41. The van der Waals surface area contributed by atoms with Gasteiger partial charge in [-0.2, -0.15) is 0 Å². The number of methoxy groups -OCH3 is 1. The van der Waals surface area contributed by atoms with Crippen LogP contribution in [-0.2, 0) is 9.53 Å². The Morgan fingerprint density at radius 2 is 2.03 bits per heavy atom. The maximum atomic E-state index is 11.0. The molecule has 5 atom stereocenters. The second kappa shape index (κ2) is 11.8. The van der Waals surface area contributed by atoms with Crippen LogP contribution >= 0.6 is 11.6 Å². The Balaban J connectivity index is 1.91. The van der Waals surface area contributed by atoms with Crippen LogP contribution in [0.5, 0.6) is 5.75 Å². The molecule has 1 aliphatic carbocycles. The molecule has 7 heteroatoms. The van der Waals surface area contributed by atoms with E-state index >= 15 is 0 Å². The number of halogens is 1. The average Bonchev–Trinajstić information content (AvgIpc) is 2.95. The molecule has 0 aromatic heterocycles. The van der Waals surface area contributed by atoms with Gasteiger partial charge in [0.15, 0.2) is 0 Å². The van der Waals surface area contributed by atoms with Crippen molar-refractivity contribution in [3.05, 3.63) is 65.7 Å². The predicted molar refractivity (Wildman–Crippen MR) is 110 cm³/mol. The normalized spacial score (nSPS) is 25.8. The molecular formula is C22H27ClO6. The van der Waals surface area contributed by atoms with Crippen LogP contribution in [0.1, 0.15) is 19.3 Å². The van der Waals surface area contributed by atoms with Crippen LogP contribution in [0.3, 0.4) is 0 Å².